The van der Waals surface area contributed by atoms with Crippen LogP contribution in [0.1, 0.15) is 51.9 Å². The Labute approximate surface area is 137 Å². The number of aliphatic carboxylic acids is 1. The molecule has 3 rings (SSSR count). The largest absolute Gasteiger partial charge is 0.480 e. The highest BCUT2D eigenvalue weighted by atomic mass is 16.5. The number of hydrogen-bond acceptors (Lipinski definition) is 4. The Kier molecular flexibility index (Phi) is 5.21. The number of hydrogen-bond donors (Lipinski definition) is 1. The van der Waals surface area contributed by atoms with Gasteiger partial charge in [-0.25, -0.2) is 4.79 Å². The van der Waals surface area contributed by atoms with Crippen molar-refractivity contribution in [2.75, 3.05) is 13.2 Å². The van der Waals surface area contributed by atoms with E-state index in [0.29, 0.717) is 18.9 Å². The molecule has 3 aliphatic rings. The van der Waals surface area contributed by atoms with Gasteiger partial charge in [0.25, 0.3) is 5.91 Å². The van der Waals surface area contributed by atoms with Crippen LogP contribution in [0.2, 0.25) is 0 Å². The van der Waals surface area contributed by atoms with Crippen LogP contribution in [0.15, 0.2) is 0 Å². The summed E-state index contributed by atoms with van der Waals surface area (Å²) in [5.74, 6) is -0.733. The van der Waals surface area contributed by atoms with Crippen molar-refractivity contribution in [3.05, 3.63) is 0 Å². The number of carbonyl (C=O) groups is 2. The van der Waals surface area contributed by atoms with Crippen molar-refractivity contribution in [1.82, 2.24) is 4.90 Å². The monoisotopic (exact) mass is 325 g/mol. The van der Waals surface area contributed by atoms with Gasteiger partial charge in [0.2, 0.25) is 0 Å². The van der Waals surface area contributed by atoms with Crippen molar-refractivity contribution in [1.29, 1.82) is 0 Å². The first-order valence-corrected chi connectivity index (χ1v) is 8.86. The van der Waals surface area contributed by atoms with Crippen LogP contribution < -0.4 is 0 Å². The molecule has 6 nitrogen and oxygen atoms in total. The third kappa shape index (κ3) is 3.53. The van der Waals surface area contributed by atoms with Gasteiger partial charge in [-0.15, -0.1) is 0 Å². The number of ether oxygens (including phenoxy) is 2. The number of nitrogens with zero attached hydrogens (tertiary/aromatic N) is 1. The summed E-state index contributed by atoms with van der Waals surface area (Å²) >= 11 is 0. The third-order valence-corrected chi connectivity index (χ3v) is 5.53. The van der Waals surface area contributed by atoms with Crippen LogP contribution in [-0.2, 0) is 19.1 Å². The van der Waals surface area contributed by atoms with Gasteiger partial charge in [-0.05, 0) is 44.9 Å². The molecule has 6 heteroatoms. The predicted molar refractivity (Wildman–Crippen MR) is 83.0 cm³/mol. The number of likely N-dealkylation sites (tertiary alicyclic amines) is 1. The van der Waals surface area contributed by atoms with E-state index in [1.807, 2.05) is 0 Å². The molecule has 130 valence electrons. The van der Waals surface area contributed by atoms with Gasteiger partial charge in [0, 0.05) is 12.6 Å². The van der Waals surface area contributed by atoms with Crippen LogP contribution in [0.3, 0.4) is 0 Å². The lowest BCUT2D eigenvalue weighted by Gasteiger charge is -2.34. The van der Waals surface area contributed by atoms with Crippen LogP contribution in [0.5, 0.6) is 0 Å². The van der Waals surface area contributed by atoms with Gasteiger partial charge in [-0.3, -0.25) is 4.79 Å². The van der Waals surface area contributed by atoms with Crippen LogP contribution in [0, 0.1) is 5.92 Å². The normalized spacial score (nSPS) is 35.1. The van der Waals surface area contributed by atoms with E-state index in [9.17, 15) is 14.7 Å². The van der Waals surface area contributed by atoms with Crippen LogP contribution >= 0.6 is 0 Å². The first-order chi connectivity index (χ1) is 11.1. The fraction of sp³-hybridized carbons (Fsp3) is 0.882. The first-order valence-electron chi connectivity index (χ1n) is 8.86. The van der Waals surface area contributed by atoms with Gasteiger partial charge in [-0.2, -0.15) is 0 Å². The summed E-state index contributed by atoms with van der Waals surface area (Å²) in [5, 5.41) is 9.51. The molecule has 5 atom stereocenters. The van der Waals surface area contributed by atoms with Crippen LogP contribution in [0.25, 0.3) is 0 Å². The van der Waals surface area contributed by atoms with Gasteiger partial charge < -0.3 is 19.5 Å². The molecular weight excluding hydrogens is 298 g/mol. The van der Waals surface area contributed by atoms with E-state index in [-0.39, 0.29) is 18.1 Å². The zero-order valence-electron chi connectivity index (χ0n) is 13.8. The Balaban J connectivity index is 1.63. The Bertz CT molecular complexity index is 448. The molecule has 0 aromatic heterocycles. The summed E-state index contributed by atoms with van der Waals surface area (Å²) < 4.78 is 11.2. The molecule has 1 saturated carbocycles. The van der Waals surface area contributed by atoms with Gasteiger partial charge in [-0.1, -0.05) is 12.8 Å². The lowest BCUT2D eigenvalue weighted by atomic mass is 9.84. The highest BCUT2D eigenvalue weighted by Crippen LogP contribution is 2.40. The van der Waals surface area contributed by atoms with E-state index in [4.69, 9.17) is 9.47 Å². The predicted octanol–water partition coefficient (Wildman–Crippen LogP) is 1.81. The van der Waals surface area contributed by atoms with E-state index in [0.717, 1.165) is 45.1 Å². The minimum Gasteiger partial charge on any atom is -0.480 e. The summed E-state index contributed by atoms with van der Waals surface area (Å²) in [6.07, 6.45) is 6.21. The Morgan fingerprint density at radius 1 is 1.26 bits per heavy atom. The zero-order valence-corrected chi connectivity index (χ0v) is 13.8. The van der Waals surface area contributed by atoms with Crippen LogP contribution in [0.4, 0.5) is 0 Å². The second kappa shape index (κ2) is 7.18. The standard InChI is InChI=1S/C17H27NO5/c1-11(23-10-13-6-4-8-22-13)16(19)18-14-7-3-2-5-12(14)9-15(18)17(20)21/h11-15H,2-10H2,1H3,(H,20,21). The highest BCUT2D eigenvalue weighted by molar-refractivity contribution is 5.87. The fourth-order valence-electron chi connectivity index (χ4n) is 4.31. The molecule has 0 spiro atoms. The molecule has 2 aliphatic heterocycles. The lowest BCUT2D eigenvalue weighted by molar-refractivity contribution is -0.156. The molecule has 0 bridgehead atoms. The summed E-state index contributed by atoms with van der Waals surface area (Å²) in [6.45, 7) is 2.90. The van der Waals surface area contributed by atoms with Gasteiger partial charge in [0.05, 0.1) is 12.7 Å². The van der Waals surface area contributed by atoms with E-state index in [1.165, 1.54) is 0 Å². The molecule has 0 aromatic rings. The minimum absolute atomic E-state index is 0.0709. The Morgan fingerprint density at radius 2 is 2.04 bits per heavy atom. The van der Waals surface area contributed by atoms with E-state index >= 15 is 0 Å². The van der Waals surface area contributed by atoms with E-state index < -0.39 is 18.1 Å². The second-order valence-corrected chi connectivity index (χ2v) is 7.06. The zero-order chi connectivity index (χ0) is 16.4. The SMILES string of the molecule is CC(OCC1CCCO1)C(=O)N1C(C(=O)O)CC2CCCCC21. The van der Waals surface area contributed by atoms with Crippen molar-refractivity contribution in [2.24, 2.45) is 5.92 Å². The molecule has 1 N–H and O–H groups in total. The molecule has 1 aliphatic carbocycles. The molecule has 0 radical (unpaired) electrons. The Hall–Kier alpha value is -1.14. The molecule has 3 fully saturated rings. The smallest absolute Gasteiger partial charge is 0.326 e. The molecule has 1 amide bonds. The molecular formula is C17H27NO5. The van der Waals surface area contributed by atoms with E-state index in [1.54, 1.807) is 11.8 Å². The highest BCUT2D eigenvalue weighted by Gasteiger charge is 2.48. The van der Waals surface area contributed by atoms with Crippen molar-refractivity contribution in [2.45, 2.75) is 76.2 Å². The minimum atomic E-state index is -0.890. The van der Waals surface area contributed by atoms with Crippen molar-refractivity contribution >= 4 is 11.9 Å². The van der Waals surface area contributed by atoms with Gasteiger partial charge in [0.1, 0.15) is 12.1 Å². The fourth-order valence-corrected chi connectivity index (χ4v) is 4.31. The van der Waals surface area contributed by atoms with Gasteiger partial charge >= 0.3 is 5.97 Å². The second-order valence-electron chi connectivity index (χ2n) is 7.06. The number of fused-ring (bicyclic) bond motifs is 1. The van der Waals surface area contributed by atoms with E-state index in [2.05, 4.69) is 0 Å². The lowest BCUT2D eigenvalue weighted by Crippen LogP contribution is -2.50. The number of carboxylic acid groups (broad SMARTS) is 1. The average molecular weight is 325 g/mol. The molecule has 2 heterocycles. The first kappa shape index (κ1) is 16.7. The number of carbonyl (C=O) groups excluding carboxylic acids is 1. The van der Waals surface area contributed by atoms with Gasteiger partial charge in [0.15, 0.2) is 0 Å². The molecule has 5 unspecified atom stereocenters. The molecule has 2 saturated heterocycles. The third-order valence-electron chi connectivity index (χ3n) is 5.53. The number of carboxylic acids is 1. The quantitative estimate of drug-likeness (QED) is 0.834. The maximum atomic E-state index is 12.8. The van der Waals surface area contributed by atoms with Crippen molar-refractivity contribution < 1.29 is 24.2 Å². The molecule has 0 aromatic carbocycles. The summed E-state index contributed by atoms with van der Waals surface area (Å²) in [5.41, 5.74) is 0. The summed E-state index contributed by atoms with van der Waals surface area (Å²) in [7, 11) is 0. The average Bonchev–Trinajstić information content (AvgIpc) is 3.19. The summed E-state index contributed by atoms with van der Waals surface area (Å²) in [6, 6.07) is -0.615. The number of rotatable bonds is 5. The van der Waals surface area contributed by atoms with Crippen molar-refractivity contribution in [3.8, 4) is 0 Å². The van der Waals surface area contributed by atoms with Crippen molar-refractivity contribution in [3.63, 3.8) is 0 Å². The maximum Gasteiger partial charge on any atom is 0.326 e. The topological polar surface area (TPSA) is 76.1 Å². The maximum absolute atomic E-state index is 12.8. The molecule has 23 heavy (non-hydrogen) atoms. The van der Waals surface area contributed by atoms with Crippen LogP contribution in [-0.4, -0.2) is 59.4 Å². The summed E-state index contributed by atoms with van der Waals surface area (Å²) in [4.78, 5) is 26.0. The number of amides is 1. The Morgan fingerprint density at radius 3 is 2.74 bits per heavy atom.